The number of halogens is 2. The first-order chi connectivity index (χ1) is 10.1. The maximum atomic E-state index is 12.0. The number of ether oxygens (including phenoxy) is 1. The standard InChI is InChI=1S/C16H15BrClNO2/c1-2-11-5-3-4-6-14(11)19-16(20)10-21-15-8-7-12(18)9-13(15)17/h3-9H,2,10H2,1H3,(H,19,20). The second-order valence-corrected chi connectivity index (χ2v) is 5.71. The van der Waals surface area contributed by atoms with Crippen molar-refractivity contribution in [1.82, 2.24) is 0 Å². The van der Waals surface area contributed by atoms with Crippen molar-refractivity contribution in [3.8, 4) is 5.75 Å². The van der Waals surface area contributed by atoms with Crippen LogP contribution in [0, 0.1) is 0 Å². The third-order valence-electron chi connectivity index (χ3n) is 2.93. The van der Waals surface area contributed by atoms with Crippen LogP contribution in [0.25, 0.3) is 0 Å². The Morgan fingerprint density at radius 3 is 2.76 bits per heavy atom. The Bertz CT molecular complexity index is 646. The lowest BCUT2D eigenvalue weighted by Crippen LogP contribution is -2.21. The second kappa shape index (κ2) is 7.48. The largest absolute Gasteiger partial charge is 0.483 e. The molecule has 5 heteroatoms. The first-order valence-electron chi connectivity index (χ1n) is 6.55. The van der Waals surface area contributed by atoms with E-state index in [1.165, 1.54) is 0 Å². The monoisotopic (exact) mass is 367 g/mol. The van der Waals surface area contributed by atoms with Gasteiger partial charge >= 0.3 is 0 Å². The highest BCUT2D eigenvalue weighted by Crippen LogP contribution is 2.27. The predicted octanol–water partition coefficient (Wildman–Crippen LogP) is 4.68. The number of aryl methyl sites for hydroxylation is 1. The highest BCUT2D eigenvalue weighted by molar-refractivity contribution is 9.10. The van der Waals surface area contributed by atoms with Crippen LogP contribution in [0.4, 0.5) is 5.69 Å². The summed E-state index contributed by atoms with van der Waals surface area (Å²) in [6, 6.07) is 12.9. The SMILES string of the molecule is CCc1ccccc1NC(=O)COc1ccc(Cl)cc1Br. The topological polar surface area (TPSA) is 38.3 Å². The molecule has 0 saturated heterocycles. The average molecular weight is 369 g/mol. The number of carbonyl (C=O) groups is 1. The molecule has 0 aliphatic carbocycles. The number of anilines is 1. The molecule has 0 unspecified atom stereocenters. The average Bonchev–Trinajstić information content (AvgIpc) is 2.47. The van der Waals surface area contributed by atoms with Gasteiger partial charge in [-0.25, -0.2) is 0 Å². The van der Waals surface area contributed by atoms with Crippen LogP contribution in [0.5, 0.6) is 5.75 Å². The Kier molecular flexibility index (Phi) is 5.65. The first kappa shape index (κ1) is 15.9. The van der Waals surface area contributed by atoms with E-state index in [0.717, 1.165) is 22.1 Å². The predicted molar refractivity (Wildman–Crippen MR) is 89.1 cm³/mol. The number of hydrogen-bond donors (Lipinski definition) is 1. The smallest absolute Gasteiger partial charge is 0.262 e. The minimum atomic E-state index is -0.197. The first-order valence-corrected chi connectivity index (χ1v) is 7.73. The van der Waals surface area contributed by atoms with E-state index in [1.807, 2.05) is 31.2 Å². The summed E-state index contributed by atoms with van der Waals surface area (Å²) in [5.41, 5.74) is 1.92. The summed E-state index contributed by atoms with van der Waals surface area (Å²) in [5.74, 6) is 0.385. The van der Waals surface area contributed by atoms with Gasteiger partial charge in [-0.05, 0) is 52.2 Å². The van der Waals surface area contributed by atoms with Crippen LogP contribution in [0.1, 0.15) is 12.5 Å². The van der Waals surface area contributed by atoms with E-state index in [4.69, 9.17) is 16.3 Å². The molecule has 2 aromatic rings. The third kappa shape index (κ3) is 4.48. The van der Waals surface area contributed by atoms with Gasteiger partial charge in [-0.15, -0.1) is 0 Å². The maximum absolute atomic E-state index is 12.0. The molecule has 21 heavy (non-hydrogen) atoms. The molecule has 2 aromatic carbocycles. The zero-order chi connectivity index (χ0) is 15.2. The Balaban J connectivity index is 1.96. The number of para-hydroxylation sites is 1. The van der Waals surface area contributed by atoms with E-state index in [-0.39, 0.29) is 12.5 Å². The molecule has 2 rings (SSSR count). The minimum absolute atomic E-state index is 0.0573. The van der Waals surface area contributed by atoms with Crippen molar-refractivity contribution in [2.24, 2.45) is 0 Å². The molecular formula is C16H15BrClNO2. The van der Waals surface area contributed by atoms with E-state index in [9.17, 15) is 4.79 Å². The Hall–Kier alpha value is -1.52. The van der Waals surface area contributed by atoms with Crippen molar-refractivity contribution >= 4 is 39.1 Å². The van der Waals surface area contributed by atoms with Gasteiger partial charge in [-0.3, -0.25) is 4.79 Å². The fourth-order valence-electron chi connectivity index (χ4n) is 1.87. The van der Waals surface area contributed by atoms with Crippen LogP contribution in [0.15, 0.2) is 46.9 Å². The molecule has 0 saturated carbocycles. The summed E-state index contributed by atoms with van der Waals surface area (Å²) >= 11 is 9.20. The number of benzene rings is 2. The van der Waals surface area contributed by atoms with Crippen molar-refractivity contribution < 1.29 is 9.53 Å². The highest BCUT2D eigenvalue weighted by atomic mass is 79.9. The number of carbonyl (C=O) groups excluding carboxylic acids is 1. The van der Waals surface area contributed by atoms with E-state index in [0.29, 0.717) is 10.8 Å². The lowest BCUT2D eigenvalue weighted by atomic mass is 10.1. The zero-order valence-electron chi connectivity index (χ0n) is 11.5. The molecule has 0 spiro atoms. The van der Waals surface area contributed by atoms with Crippen LogP contribution in [0.2, 0.25) is 5.02 Å². The quantitative estimate of drug-likeness (QED) is 0.832. The van der Waals surface area contributed by atoms with Crippen LogP contribution < -0.4 is 10.1 Å². The fraction of sp³-hybridized carbons (Fsp3) is 0.188. The van der Waals surface area contributed by atoms with Crippen LogP contribution in [-0.4, -0.2) is 12.5 Å². The van der Waals surface area contributed by atoms with Crippen molar-refractivity contribution in [3.05, 3.63) is 57.5 Å². The molecule has 0 aliphatic rings. The normalized spacial score (nSPS) is 10.2. The van der Waals surface area contributed by atoms with Gasteiger partial charge in [0.05, 0.1) is 4.47 Å². The summed E-state index contributed by atoms with van der Waals surface area (Å²) in [5, 5.41) is 3.46. The summed E-state index contributed by atoms with van der Waals surface area (Å²) in [4.78, 5) is 12.0. The summed E-state index contributed by atoms with van der Waals surface area (Å²) < 4.78 is 6.20. The molecule has 0 radical (unpaired) electrons. The molecule has 3 nitrogen and oxygen atoms in total. The summed E-state index contributed by atoms with van der Waals surface area (Å²) in [6.45, 7) is 1.99. The Morgan fingerprint density at radius 1 is 1.29 bits per heavy atom. The van der Waals surface area contributed by atoms with Gasteiger partial charge < -0.3 is 10.1 Å². The third-order valence-corrected chi connectivity index (χ3v) is 3.78. The molecule has 0 aliphatic heterocycles. The Morgan fingerprint density at radius 2 is 2.05 bits per heavy atom. The lowest BCUT2D eigenvalue weighted by Gasteiger charge is -2.11. The van der Waals surface area contributed by atoms with E-state index < -0.39 is 0 Å². The maximum Gasteiger partial charge on any atom is 0.262 e. The number of hydrogen-bond acceptors (Lipinski definition) is 2. The van der Waals surface area contributed by atoms with Crippen LogP contribution in [0.3, 0.4) is 0 Å². The Labute approximate surface area is 137 Å². The molecular weight excluding hydrogens is 354 g/mol. The van der Waals surface area contributed by atoms with Gasteiger partial charge in [0.2, 0.25) is 0 Å². The van der Waals surface area contributed by atoms with Crippen LogP contribution in [-0.2, 0) is 11.2 Å². The number of nitrogens with one attached hydrogen (secondary N) is 1. The van der Waals surface area contributed by atoms with Gasteiger partial charge in [-0.2, -0.15) is 0 Å². The molecule has 0 aromatic heterocycles. The summed E-state index contributed by atoms with van der Waals surface area (Å²) in [6.07, 6.45) is 0.861. The lowest BCUT2D eigenvalue weighted by molar-refractivity contribution is -0.118. The molecule has 0 fully saturated rings. The molecule has 110 valence electrons. The van der Waals surface area contributed by atoms with E-state index in [2.05, 4.69) is 21.2 Å². The zero-order valence-corrected chi connectivity index (χ0v) is 13.9. The van der Waals surface area contributed by atoms with Crippen molar-refractivity contribution in [1.29, 1.82) is 0 Å². The van der Waals surface area contributed by atoms with Crippen molar-refractivity contribution in [3.63, 3.8) is 0 Å². The number of rotatable bonds is 5. The second-order valence-electron chi connectivity index (χ2n) is 4.42. The highest BCUT2D eigenvalue weighted by Gasteiger charge is 2.08. The van der Waals surface area contributed by atoms with Crippen LogP contribution >= 0.6 is 27.5 Å². The van der Waals surface area contributed by atoms with E-state index >= 15 is 0 Å². The van der Waals surface area contributed by atoms with Gasteiger partial charge in [-0.1, -0.05) is 36.7 Å². The molecule has 0 bridgehead atoms. The van der Waals surface area contributed by atoms with Crippen molar-refractivity contribution in [2.75, 3.05) is 11.9 Å². The van der Waals surface area contributed by atoms with Gasteiger partial charge in [0, 0.05) is 10.7 Å². The van der Waals surface area contributed by atoms with E-state index in [1.54, 1.807) is 18.2 Å². The minimum Gasteiger partial charge on any atom is -0.483 e. The van der Waals surface area contributed by atoms with Gasteiger partial charge in [0.1, 0.15) is 5.75 Å². The molecule has 1 amide bonds. The molecule has 0 heterocycles. The molecule has 1 N–H and O–H groups in total. The van der Waals surface area contributed by atoms with Gasteiger partial charge in [0.15, 0.2) is 6.61 Å². The summed E-state index contributed by atoms with van der Waals surface area (Å²) in [7, 11) is 0. The fourth-order valence-corrected chi connectivity index (χ4v) is 2.67. The number of amides is 1. The van der Waals surface area contributed by atoms with Gasteiger partial charge in [0.25, 0.3) is 5.91 Å². The molecule has 0 atom stereocenters. The van der Waals surface area contributed by atoms with Crippen molar-refractivity contribution in [2.45, 2.75) is 13.3 Å².